The number of para-hydroxylation sites is 2. The normalized spacial score (nSPS) is 13.1. The molecule has 0 saturated heterocycles. The summed E-state index contributed by atoms with van der Waals surface area (Å²) in [7, 11) is 0. The third-order valence-corrected chi connectivity index (χ3v) is 13.4. The molecule has 1 heterocycles. The summed E-state index contributed by atoms with van der Waals surface area (Å²) in [6, 6.07) is 84.7. The van der Waals surface area contributed by atoms with Crippen molar-refractivity contribution in [1.29, 1.82) is 0 Å². The fourth-order valence-electron chi connectivity index (χ4n) is 10.6. The molecule has 0 bridgehead atoms. The average Bonchev–Trinajstić information content (AvgIpc) is 3.83. The number of hydrogen-bond acceptors (Lipinski definition) is 3. The zero-order chi connectivity index (χ0) is 42.2. The minimum atomic E-state index is -0.482. The van der Waals surface area contributed by atoms with Crippen molar-refractivity contribution in [3.8, 4) is 78.6 Å². The molecule has 0 aromatic heterocycles. The molecular weight excluding hydrogens is 779 g/mol. The summed E-state index contributed by atoms with van der Waals surface area (Å²) in [5.41, 5.74) is 19.3. The van der Waals surface area contributed by atoms with Gasteiger partial charge in [-0.15, -0.1) is 0 Å². The summed E-state index contributed by atoms with van der Waals surface area (Å²) in [6.07, 6.45) is 0. The summed E-state index contributed by atoms with van der Waals surface area (Å²) >= 11 is 0. The van der Waals surface area contributed by atoms with Gasteiger partial charge in [0.1, 0.15) is 0 Å². The summed E-state index contributed by atoms with van der Waals surface area (Å²) < 4.78 is 14.3. The molecule has 0 radical (unpaired) electrons. The molecule has 0 unspecified atom stereocenters. The Kier molecular flexibility index (Phi) is 8.13. The van der Waals surface area contributed by atoms with Crippen molar-refractivity contribution in [1.82, 2.24) is 0 Å². The van der Waals surface area contributed by atoms with Crippen molar-refractivity contribution in [2.24, 2.45) is 0 Å². The first-order valence-electron chi connectivity index (χ1n) is 21.9. The third kappa shape index (κ3) is 5.41. The van der Waals surface area contributed by atoms with Gasteiger partial charge in [0, 0.05) is 11.3 Å². The zero-order valence-electron chi connectivity index (χ0n) is 34.8. The van der Waals surface area contributed by atoms with E-state index in [1.807, 2.05) is 6.07 Å². The predicted molar refractivity (Wildman–Crippen MR) is 260 cm³/mol. The van der Waals surface area contributed by atoms with Crippen LogP contribution in [-0.2, 0) is 5.41 Å². The Labute approximate surface area is 372 Å². The molecule has 0 fully saturated rings. The van der Waals surface area contributed by atoms with Crippen molar-refractivity contribution in [3.05, 3.63) is 259 Å². The van der Waals surface area contributed by atoms with Crippen LogP contribution in [0.3, 0.4) is 0 Å². The van der Waals surface area contributed by atoms with E-state index in [2.05, 4.69) is 235 Å². The van der Waals surface area contributed by atoms with Crippen LogP contribution in [0.25, 0.3) is 55.6 Å². The molecule has 0 atom stereocenters. The van der Waals surface area contributed by atoms with E-state index < -0.39 is 5.41 Å². The number of nitrogens with zero attached hydrogens (tertiary/aromatic N) is 1. The molecule has 0 N–H and O–H groups in total. The first-order chi connectivity index (χ1) is 31.7. The van der Waals surface area contributed by atoms with E-state index in [9.17, 15) is 0 Å². The van der Waals surface area contributed by atoms with Crippen molar-refractivity contribution < 1.29 is 9.47 Å². The highest BCUT2D eigenvalue weighted by Gasteiger charge is 2.52. The smallest absolute Gasteiger partial charge is 0.194 e. The van der Waals surface area contributed by atoms with Crippen LogP contribution in [0.15, 0.2) is 237 Å². The average molecular weight is 818 g/mol. The lowest BCUT2D eigenvalue weighted by atomic mass is 9.70. The van der Waals surface area contributed by atoms with E-state index in [-0.39, 0.29) is 0 Å². The number of benzene rings is 10. The molecule has 0 amide bonds. The van der Waals surface area contributed by atoms with Crippen LogP contribution in [0.4, 0.5) is 17.1 Å². The fourth-order valence-corrected chi connectivity index (χ4v) is 10.6. The van der Waals surface area contributed by atoms with E-state index in [4.69, 9.17) is 9.47 Å². The van der Waals surface area contributed by atoms with Crippen LogP contribution in [0.1, 0.15) is 22.3 Å². The minimum absolute atomic E-state index is 0.482. The maximum absolute atomic E-state index is 7.21. The van der Waals surface area contributed by atoms with E-state index in [1.165, 1.54) is 50.1 Å². The van der Waals surface area contributed by atoms with Gasteiger partial charge in [0.2, 0.25) is 0 Å². The quantitative estimate of drug-likeness (QED) is 0.167. The van der Waals surface area contributed by atoms with Crippen LogP contribution in [0.2, 0.25) is 0 Å². The van der Waals surface area contributed by atoms with Crippen LogP contribution in [-0.4, -0.2) is 0 Å². The Morgan fingerprint density at radius 3 is 1.44 bits per heavy atom. The Bertz CT molecular complexity index is 3400. The molecule has 10 aromatic rings. The molecule has 0 saturated carbocycles. The number of rotatable bonds is 6. The van der Waals surface area contributed by atoms with Gasteiger partial charge in [-0.25, -0.2) is 0 Å². The van der Waals surface area contributed by atoms with E-state index >= 15 is 0 Å². The van der Waals surface area contributed by atoms with Gasteiger partial charge in [-0.05, 0) is 115 Å². The first kappa shape index (κ1) is 36.3. The van der Waals surface area contributed by atoms with Gasteiger partial charge < -0.3 is 14.4 Å². The minimum Gasteiger partial charge on any atom is -0.449 e. The van der Waals surface area contributed by atoms with Gasteiger partial charge >= 0.3 is 0 Å². The number of hydrogen-bond donors (Lipinski definition) is 0. The van der Waals surface area contributed by atoms with Crippen LogP contribution in [0.5, 0.6) is 23.0 Å². The topological polar surface area (TPSA) is 21.7 Å². The number of ether oxygens (including phenoxy) is 2. The van der Waals surface area contributed by atoms with Gasteiger partial charge in [0.05, 0.1) is 16.8 Å². The Morgan fingerprint density at radius 2 is 0.766 bits per heavy atom. The lowest BCUT2D eigenvalue weighted by Crippen LogP contribution is -2.25. The lowest BCUT2D eigenvalue weighted by Gasteiger charge is -2.33. The summed E-state index contributed by atoms with van der Waals surface area (Å²) in [4.78, 5) is 2.32. The molecular formula is C61H39NO2. The van der Waals surface area contributed by atoms with Crippen molar-refractivity contribution >= 4 is 17.1 Å². The highest BCUT2D eigenvalue weighted by Crippen LogP contribution is 2.65. The zero-order valence-corrected chi connectivity index (χ0v) is 34.8. The number of anilines is 3. The molecule has 64 heavy (non-hydrogen) atoms. The predicted octanol–water partition coefficient (Wildman–Crippen LogP) is 16.4. The van der Waals surface area contributed by atoms with E-state index in [1.54, 1.807) is 0 Å². The molecule has 1 aliphatic heterocycles. The highest BCUT2D eigenvalue weighted by atomic mass is 16.6. The van der Waals surface area contributed by atoms with E-state index in [0.29, 0.717) is 23.0 Å². The van der Waals surface area contributed by atoms with E-state index in [0.717, 1.165) is 44.9 Å². The van der Waals surface area contributed by atoms with Gasteiger partial charge in [-0.3, -0.25) is 0 Å². The van der Waals surface area contributed by atoms with Crippen LogP contribution < -0.4 is 14.4 Å². The summed E-state index contributed by atoms with van der Waals surface area (Å²) in [5, 5.41) is 0. The molecule has 1 spiro atoms. The van der Waals surface area contributed by atoms with Crippen molar-refractivity contribution in [2.75, 3.05) is 4.90 Å². The monoisotopic (exact) mass is 817 g/mol. The van der Waals surface area contributed by atoms with Gasteiger partial charge in [0.15, 0.2) is 23.0 Å². The lowest BCUT2D eigenvalue weighted by molar-refractivity contribution is 0.360. The van der Waals surface area contributed by atoms with Gasteiger partial charge in [0.25, 0.3) is 0 Å². The van der Waals surface area contributed by atoms with Crippen molar-refractivity contribution in [2.45, 2.75) is 5.41 Å². The molecule has 10 aromatic carbocycles. The second-order valence-electron chi connectivity index (χ2n) is 16.8. The number of fused-ring (bicyclic) bond motifs is 12. The second kappa shape index (κ2) is 14.3. The first-order valence-corrected chi connectivity index (χ1v) is 21.9. The van der Waals surface area contributed by atoms with Gasteiger partial charge in [-0.2, -0.15) is 0 Å². The Hall–Kier alpha value is -8.40. The molecule has 300 valence electrons. The highest BCUT2D eigenvalue weighted by molar-refractivity contribution is 5.97. The Balaban J connectivity index is 0.967. The molecule has 2 aliphatic carbocycles. The Morgan fingerprint density at radius 1 is 0.281 bits per heavy atom. The van der Waals surface area contributed by atoms with Crippen LogP contribution >= 0.6 is 0 Å². The third-order valence-electron chi connectivity index (χ3n) is 13.4. The largest absolute Gasteiger partial charge is 0.449 e. The molecule has 3 nitrogen and oxygen atoms in total. The molecule has 13 rings (SSSR count). The van der Waals surface area contributed by atoms with Crippen molar-refractivity contribution in [3.63, 3.8) is 0 Å². The molecule has 3 heteroatoms. The van der Waals surface area contributed by atoms with Crippen LogP contribution in [0, 0.1) is 0 Å². The second-order valence-corrected chi connectivity index (χ2v) is 16.8. The fraction of sp³-hybridized carbons (Fsp3) is 0.0164. The van der Waals surface area contributed by atoms with Gasteiger partial charge in [-0.1, -0.05) is 194 Å². The standard InChI is InChI=1S/C61H39NO2/c1-3-17-40(18-4-1)41-33-35-42(36-34-41)44-21-15-22-45(37-44)62(55-30-14-10-23-46(55)43-19-5-2-6-20-43)56-31-16-32-57-60(56)64-58-38-50-49-26-9-13-29-53(49)61(54(50)39-59(58)63-57)51-27-11-7-24-47(51)48-25-8-12-28-52(48)61/h1-39H. The molecule has 3 aliphatic rings. The SMILES string of the molecule is c1ccc(-c2ccc(-c3cccc(N(c4ccccc4-c4ccccc4)c4cccc5c4Oc4cc6c(cc4O5)C4(c5ccccc5-c5ccccc54)c4ccccc4-6)c3)cc2)cc1. The summed E-state index contributed by atoms with van der Waals surface area (Å²) in [5.74, 6) is 2.72. The summed E-state index contributed by atoms with van der Waals surface area (Å²) in [6.45, 7) is 0. The maximum Gasteiger partial charge on any atom is 0.194 e. The maximum atomic E-state index is 7.21.